The molecular weight excluding hydrogens is 916 g/mol. The standard InChI is InChI=1S/C73H86BN2/c1-19-30-68(7,8)58-42-64-62(40-51(58)43(2)3)74-67-54(35-47(66-45(5)25-24-44(4)46(66)6)36-65(67)76(64)49-27-29-57-61(38-49)72(15,16)34-32-70(57,11)12)53-39-59-52(50-22-20-21-23-55(50)73(59,17)18)41-63(53)75-48-26-28-56-60(37-48)71(13,14)33-31-69(56,9)10/h20-29,35-43,75H,19,30-34H2,1-18H3. The summed E-state index contributed by atoms with van der Waals surface area (Å²) in [4.78, 5) is 2.69. The van der Waals surface area contributed by atoms with Crippen LogP contribution in [0.1, 0.15) is 209 Å². The molecule has 391 valence electrons. The largest absolute Gasteiger partial charge is 0.355 e. The molecule has 0 aromatic heterocycles. The van der Waals surface area contributed by atoms with Crippen molar-refractivity contribution in [2.24, 2.45) is 0 Å². The van der Waals surface area contributed by atoms with Crippen LogP contribution in [0.15, 0.2) is 109 Å². The Morgan fingerprint density at radius 1 is 0.566 bits per heavy atom. The molecule has 2 nitrogen and oxygen atoms in total. The summed E-state index contributed by atoms with van der Waals surface area (Å²) in [5.74, 6) is 0.365. The van der Waals surface area contributed by atoms with Crippen LogP contribution in [0.25, 0.3) is 33.4 Å². The predicted octanol–water partition coefficient (Wildman–Crippen LogP) is 19.3. The smallest absolute Gasteiger partial charge is 0.197 e. The van der Waals surface area contributed by atoms with Gasteiger partial charge in [-0.1, -0.05) is 170 Å². The van der Waals surface area contributed by atoms with Crippen molar-refractivity contribution >= 4 is 46.6 Å². The average Bonchev–Trinajstić information content (AvgIpc) is 3.66. The van der Waals surface area contributed by atoms with E-state index in [4.69, 9.17) is 0 Å². The van der Waals surface area contributed by atoms with E-state index in [0.29, 0.717) is 5.92 Å². The number of fused-ring (bicyclic) bond motifs is 7. The molecule has 1 radical (unpaired) electrons. The van der Waals surface area contributed by atoms with Gasteiger partial charge in [0.15, 0.2) is 7.28 Å². The minimum Gasteiger partial charge on any atom is -0.355 e. The van der Waals surface area contributed by atoms with Crippen molar-refractivity contribution in [3.8, 4) is 33.4 Å². The zero-order valence-electron chi connectivity index (χ0n) is 49.7. The number of hydrogen-bond acceptors (Lipinski definition) is 2. The van der Waals surface area contributed by atoms with Crippen molar-refractivity contribution in [3.05, 3.63) is 170 Å². The minimum absolute atomic E-state index is 0.00296. The fourth-order valence-corrected chi connectivity index (χ4v) is 14.7. The SMILES string of the molecule is CCCC(C)(C)c1cc2c(cc1C(C)C)[B]c1c(-c3cc4c(cc3Nc3ccc5c(c3)C(C)(C)CCC5(C)C)-c3ccccc3C4(C)C)cc(-c3c(C)ccc(C)c3C)cc1N2c1ccc2c(c1)C(C)(C)CCC2(C)C. The Kier molecular flexibility index (Phi) is 12.3. The van der Waals surface area contributed by atoms with Gasteiger partial charge in [0.1, 0.15) is 0 Å². The van der Waals surface area contributed by atoms with E-state index in [9.17, 15) is 0 Å². The number of aryl methyl sites for hydroxylation is 2. The van der Waals surface area contributed by atoms with Crippen LogP contribution >= 0.6 is 0 Å². The molecule has 7 aromatic carbocycles. The Morgan fingerprint density at radius 3 is 1.84 bits per heavy atom. The molecule has 0 saturated carbocycles. The second-order valence-corrected chi connectivity index (χ2v) is 28.2. The molecular formula is C73H86BN2. The number of hydrogen-bond donors (Lipinski definition) is 1. The molecule has 76 heavy (non-hydrogen) atoms. The molecule has 0 spiro atoms. The first kappa shape index (κ1) is 52.3. The van der Waals surface area contributed by atoms with Gasteiger partial charge in [-0.25, -0.2) is 0 Å². The zero-order chi connectivity index (χ0) is 54.4. The Bertz CT molecular complexity index is 3520. The van der Waals surface area contributed by atoms with Gasteiger partial charge in [0, 0.05) is 39.4 Å². The molecule has 0 amide bonds. The Hall–Kier alpha value is -5.80. The summed E-state index contributed by atoms with van der Waals surface area (Å²) in [7, 11) is 2.57. The lowest BCUT2D eigenvalue weighted by Gasteiger charge is -2.43. The highest BCUT2D eigenvalue weighted by Gasteiger charge is 2.42. The van der Waals surface area contributed by atoms with Crippen molar-refractivity contribution in [1.29, 1.82) is 0 Å². The van der Waals surface area contributed by atoms with Gasteiger partial charge in [0.25, 0.3) is 0 Å². The number of nitrogens with one attached hydrogen (secondary N) is 1. The van der Waals surface area contributed by atoms with Crippen LogP contribution in [0.4, 0.5) is 28.4 Å². The van der Waals surface area contributed by atoms with Crippen LogP contribution in [-0.2, 0) is 32.5 Å². The van der Waals surface area contributed by atoms with Gasteiger partial charge < -0.3 is 10.2 Å². The Morgan fingerprint density at radius 2 is 1.18 bits per heavy atom. The third-order valence-electron chi connectivity index (χ3n) is 19.8. The van der Waals surface area contributed by atoms with Crippen LogP contribution < -0.4 is 21.1 Å². The van der Waals surface area contributed by atoms with Gasteiger partial charge in [-0.3, -0.25) is 0 Å². The second-order valence-electron chi connectivity index (χ2n) is 28.2. The Labute approximate surface area is 459 Å². The van der Waals surface area contributed by atoms with E-state index in [1.165, 1.54) is 148 Å². The molecule has 0 atom stereocenters. The molecule has 1 N–H and O–H groups in total. The maximum atomic E-state index is 4.22. The van der Waals surface area contributed by atoms with Crippen LogP contribution in [0.2, 0.25) is 0 Å². The van der Waals surface area contributed by atoms with Crippen molar-refractivity contribution in [3.63, 3.8) is 0 Å². The van der Waals surface area contributed by atoms with Gasteiger partial charge in [0.2, 0.25) is 0 Å². The summed E-state index contributed by atoms with van der Waals surface area (Å²) < 4.78 is 0. The lowest BCUT2D eigenvalue weighted by Crippen LogP contribution is -2.42. The molecule has 3 aliphatic carbocycles. The molecule has 3 heteroatoms. The zero-order valence-corrected chi connectivity index (χ0v) is 49.7. The molecule has 0 saturated heterocycles. The van der Waals surface area contributed by atoms with Crippen LogP contribution in [0.5, 0.6) is 0 Å². The number of benzene rings is 7. The summed E-state index contributed by atoms with van der Waals surface area (Å²) in [5, 5.41) is 4.22. The third kappa shape index (κ3) is 8.34. The fraction of sp³-hybridized carbons (Fsp3) is 0.425. The molecule has 0 bridgehead atoms. The van der Waals surface area contributed by atoms with E-state index in [2.05, 4.69) is 251 Å². The normalized spacial score (nSPS) is 18.0. The number of anilines is 5. The summed E-state index contributed by atoms with van der Waals surface area (Å²) in [6.45, 7) is 43.5. The molecule has 1 aliphatic heterocycles. The number of rotatable bonds is 9. The average molecular weight is 1000 g/mol. The summed E-state index contributed by atoms with van der Waals surface area (Å²) in [5.41, 5.74) is 32.0. The van der Waals surface area contributed by atoms with Crippen LogP contribution in [-0.4, -0.2) is 7.28 Å². The van der Waals surface area contributed by atoms with Crippen molar-refractivity contribution in [2.45, 2.75) is 202 Å². The summed E-state index contributed by atoms with van der Waals surface area (Å²) in [6, 6.07) is 44.0. The highest BCUT2D eigenvalue weighted by atomic mass is 15.2. The van der Waals surface area contributed by atoms with Crippen LogP contribution in [0.3, 0.4) is 0 Å². The Balaban J connectivity index is 1.25. The third-order valence-corrected chi connectivity index (χ3v) is 19.8. The second kappa shape index (κ2) is 17.9. The molecule has 1 heterocycles. The van der Waals surface area contributed by atoms with Gasteiger partial charge in [-0.05, 0) is 235 Å². The van der Waals surface area contributed by atoms with Gasteiger partial charge in [-0.2, -0.15) is 0 Å². The quantitative estimate of drug-likeness (QED) is 0.145. The van der Waals surface area contributed by atoms with E-state index in [0.717, 1.165) is 24.2 Å². The molecule has 0 unspecified atom stereocenters. The van der Waals surface area contributed by atoms with Crippen molar-refractivity contribution < 1.29 is 0 Å². The summed E-state index contributed by atoms with van der Waals surface area (Å²) in [6.07, 6.45) is 6.98. The maximum Gasteiger partial charge on any atom is 0.197 e. The van der Waals surface area contributed by atoms with Crippen molar-refractivity contribution in [2.75, 3.05) is 10.2 Å². The monoisotopic (exact) mass is 1000 g/mol. The first-order valence-electron chi connectivity index (χ1n) is 29.1. The molecule has 0 fully saturated rings. The molecule has 4 aliphatic rings. The van der Waals surface area contributed by atoms with Crippen LogP contribution in [0, 0.1) is 20.8 Å². The predicted molar refractivity (Wildman–Crippen MR) is 331 cm³/mol. The summed E-state index contributed by atoms with van der Waals surface area (Å²) >= 11 is 0. The lowest BCUT2D eigenvalue weighted by molar-refractivity contribution is 0.332. The fourth-order valence-electron chi connectivity index (χ4n) is 14.7. The lowest BCUT2D eigenvalue weighted by atomic mass is 9.56. The van der Waals surface area contributed by atoms with Gasteiger partial charge in [-0.15, -0.1) is 0 Å². The first-order chi connectivity index (χ1) is 35.6. The van der Waals surface area contributed by atoms with E-state index in [1.807, 2.05) is 0 Å². The number of nitrogens with zero attached hydrogens (tertiary/aromatic N) is 1. The van der Waals surface area contributed by atoms with Crippen molar-refractivity contribution in [1.82, 2.24) is 0 Å². The van der Waals surface area contributed by atoms with Gasteiger partial charge >= 0.3 is 0 Å². The van der Waals surface area contributed by atoms with E-state index >= 15 is 0 Å². The maximum absolute atomic E-state index is 4.22. The van der Waals surface area contributed by atoms with E-state index in [-0.39, 0.29) is 32.5 Å². The highest BCUT2D eigenvalue weighted by Crippen LogP contribution is 2.55. The molecule has 7 aromatic rings. The minimum atomic E-state index is -0.193. The van der Waals surface area contributed by atoms with Gasteiger partial charge in [0.05, 0.1) is 0 Å². The molecule has 11 rings (SSSR count). The van der Waals surface area contributed by atoms with E-state index in [1.54, 1.807) is 0 Å². The highest BCUT2D eigenvalue weighted by molar-refractivity contribution is 6.73. The van der Waals surface area contributed by atoms with E-state index < -0.39 is 0 Å². The topological polar surface area (TPSA) is 15.3 Å². The first-order valence-corrected chi connectivity index (χ1v) is 29.1.